The molecule has 1 fully saturated rings. The van der Waals surface area contributed by atoms with Crippen LogP contribution in [0.25, 0.3) is 0 Å². The second-order valence-corrected chi connectivity index (χ2v) is 5.05. The molecule has 0 saturated carbocycles. The van der Waals surface area contributed by atoms with Crippen LogP contribution in [0.5, 0.6) is 0 Å². The summed E-state index contributed by atoms with van der Waals surface area (Å²) in [6, 6.07) is 0. The molecule has 0 aliphatic carbocycles. The van der Waals surface area contributed by atoms with Crippen molar-refractivity contribution in [2.75, 3.05) is 13.1 Å². The lowest BCUT2D eigenvalue weighted by Gasteiger charge is -2.30. The monoisotopic (exact) mass is 254 g/mol. The van der Waals surface area contributed by atoms with Gasteiger partial charge in [0.1, 0.15) is 4.88 Å². The molecule has 2 rings (SSSR count). The molecule has 1 saturated heterocycles. The van der Waals surface area contributed by atoms with Crippen molar-refractivity contribution in [1.82, 2.24) is 9.88 Å². The number of amides is 1. The number of carbonyl (C=O) groups excluding carboxylic acids is 1. The number of carboxylic acids is 1. The number of likely N-dealkylation sites (tertiary alicyclic amines) is 1. The molecule has 0 radical (unpaired) electrons. The van der Waals surface area contributed by atoms with Crippen molar-refractivity contribution in [2.24, 2.45) is 5.92 Å². The van der Waals surface area contributed by atoms with Crippen molar-refractivity contribution in [1.29, 1.82) is 0 Å². The summed E-state index contributed by atoms with van der Waals surface area (Å²) in [6.45, 7) is 2.74. The van der Waals surface area contributed by atoms with Crippen LogP contribution in [0.3, 0.4) is 0 Å². The molecule has 1 atom stereocenters. The van der Waals surface area contributed by atoms with Gasteiger partial charge in [-0.2, -0.15) is 0 Å². The van der Waals surface area contributed by atoms with Crippen LogP contribution in [0.4, 0.5) is 0 Å². The van der Waals surface area contributed by atoms with Gasteiger partial charge in [-0.25, -0.2) is 4.98 Å². The Balaban J connectivity index is 2.10. The fraction of sp³-hybridized carbons (Fsp3) is 0.545. The lowest BCUT2D eigenvalue weighted by Crippen LogP contribution is -2.42. The van der Waals surface area contributed by atoms with Gasteiger partial charge in [-0.05, 0) is 19.8 Å². The first-order valence-electron chi connectivity index (χ1n) is 5.51. The van der Waals surface area contributed by atoms with E-state index in [2.05, 4.69) is 4.98 Å². The highest BCUT2D eigenvalue weighted by atomic mass is 32.1. The Kier molecular flexibility index (Phi) is 3.42. The fourth-order valence-electron chi connectivity index (χ4n) is 2.01. The minimum absolute atomic E-state index is 0.0871. The molecule has 0 spiro atoms. The van der Waals surface area contributed by atoms with Crippen molar-refractivity contribution in [3.8, 4) is 0 Å². The van der Waals surface area contributed by atoms with Crippen molar-refractivity contribution in [2.45, 2.75) is 19.8 Å². The van der Waals surface area contributed by atoms with E-state index in [4.69, 9.17) is 5.11 Å². The van der Waals surface area contributed by atoms with Gasteiger partial charge in [0.15, 0.2) is 0 Å². The van der Waals surface area contributed by atoms with E-state index >= 15 is 0 Å². The molecule has 92 valence electrons. The first-order valence-corrected chi connectivity index (χ1v) is 6.39. The normalized spacial score (nSPS) is 20.3. The van der Waals surface area contributed by atoms with Crippen molar-refractivity contribution >= 4 is 23.2 Å². The highest BCUT2D eigenvalue weighted by Crippen LogP contribution is 2.21. The maximum Gasteiger partial charge on any atom is 0.308 e. The lowest BCUT2D eigenvalue weighted by molar-refractivity contribution is -0.143. The second kappa shape index (κ2) is 4.83. The van der Waals surface area contributed by atoms with Gasteiger partial charge in [-0.3, -0.25) is 9.59 Å². The smallest absolute Gasteiger partial charge is 0.308 e. The molecule has 5 nitrogen and oxygen atoms in total. The number of piperidine rings is 1. The van der Waals surface area contributed by atoms with E-state index in [9.17, 15) is 9.59 Å². The summed E-state index contributed by atoms with van der Waals surface area (Å²) < 4.78 is 0. The zero-order valence-corrected chi connectivity index (χ0v) is 10.4. The summed E-state index contributed by atoms with van der Waals surface area (Å²) in [5.41, 5.74) is 2.36. The lowest BCUT2D eigenvalue weighted by atomic mass is 9.98. The maximum absolute atomic E-state index is 12.2. The van der Waals surface area contributed by atoms with Crippen LogP contribution in [0, 0.1) is 12.8 Å². The first kappa shape index (κ1) is 12.0. The Morgan fingerprint density at radius 3 is 2.94 bits per heavy atom. The summed E-state index contributed by atoms with van der Waals surface area (Å²) in [4.78, 5) is 29.4. The van der Waals surface area contributed by atoms with E-state index in [0.29, 0.717) is 24.4 Å². The minimum Gasteiger partial charge on any atom is -0.481 e. The predicted octanol–water partition coefficient (Wildman–Crippen LogP) is 1.39. The topological polar surface area (TPSA) is 70.5 Å². The third kappa shape index (κ3) is 2.46. The van der Waals surface area contributed by atoms with E-state index in [1.807, 2.05) is 0 Å². The van der Waals surface area contributed by atoms with Gasteiger partial charge in [0, 0.05) is 13.1 Å². The molecule has 17 heavy (non-hydrogen) atoms. The Labute approximate surface area is 103 Å². The molecule has 0 unspecified atom stereocenters. The van der Waals surface area contributed by atoms with Gasteiger partial charge in [0.05, 0.1) is 17.1 Å². The average Bonchev–Trinajstić information content (AvgIpc) is 2.74. The summed E-state index contributed by atoms with van der Waals surface area (Å²) in [5.74, 6) is -1.33. The molecule has 1 N–H and O–H groups in total. The number of carbonyl (C=O) groups is 2. The van der Waals surface area contributed by atoms with Crippen LogP contribution in [0.1, 0.15) is 28.2 Å². The molecular weight excluding hydrogens is 240 g/mol. The number of aromatic nitrogens is 1. The zero-order chi connectivity index (χ0) is 12.4. The number of carboxylic acid groups (broad SMARTS) is 1. The second-order valence-electron chi connectivity index (χ2n) is 4.20. The average molecular weight is 254 g/mol. The van der Waals surface area contributed by atoms with Gasteiger partial charge in [-0.1, -0.05) is 0 Å². The van der Waals surface area contributed by atoms with Gasteiger partial charge in [0.2, 0.25) is 0 Å². The number of hydrogen-bond donors (Lipinski definition) is 1. The van der Waals surface area contributed by atoms with Crippen LogP contribution in [-0.4, -0.2) is 40.0 Å². The largest absolute Gasteiger partial charge is 0.481 e. The van der Waals surface area contributed by atoms with Gasteiger partial charge < -0.3 is 10.0 Å². The predicted molar refractivity (Wildman–Crippen MR) is 63.1 cm³/mol. The standard InChI is InChI=1S/C11H14N2O3S/c1-7-9(17-6-12-7)10(14)13-4-2-3-8(5-13)11(15)16/h6,8H,2-5H2,1H3,(H,15,16)/t8-/m0/s1. The summed E-state index contributed by atoms with van der Waals surface area (Å²) >= 11 is 1.31. The van der Waals surface area contributed by atoms with E-state index in [1.165, 1.54) is 11.3 Å². The quantitative estimate of drug-likeness (QED) is 0.865. The van der Waals surface area contributed by atoms with Crippen molar-refractivity contribution in [3.05, 3.63) is 16.1 Å². The molecule has 1 amide bonds. The van der Waals surface area contributed by atoms with Crippen LogP contribution in [-0.2, 0) is 4.79 Å². The molecule has 0 aromatic carbocycles. The van der Waals surface area contributed by atoms with Gasteiger partial charge >= 0.3 is 5.97 Å². The number of nitrogens with zero attached hydrogens (tertiary/aromatic N) is 2. The fourth-order valence-corrected chi connectivity index (χ4v) is 2.78. The Morgan fingerprint density at radius 2 is 2.35 bits per heavy atom. The molecule has 6 heteroatoms. The van der Waals surface area contributed by atoms with Crippen molar-refractivity contribution in [3.63, 3.8) is 0 Å². The summed E-state index contributed by atoms with van der Waals surface area (Å²) in [6.07, 6.45) is 1.40. The van der Waals surface area contributed by atoms with Crippen LogP contribution >= 0.6 is 11.3 Å². The maximum atomic E-state index is 12.2. The third-order valence-corrected chi connectivity index (χ3v) is 3.91. The van der Waals surface area contributed by atoms with E-state index in [1.54, 1.807) is 17.3 Å². The molecule has 1 aromatic heterocycles. The number of thiazole rings is 1. The van der Waals surface area contributed by atoms with Crippen LogP contribution in [0.15, 0.2) is 5.51 Å². The molecule has 1 aromatic rings. The van der Waals surface area contributed by atoms with E-state index < -0.39 is 11.9 Å². The van der Waals surface area contributed by atoms with Gasteiger partial charge in [0.25, 0.3) is 5.91 Å². The highest BCUT2D eigenvalue weighted by Gasteiger charge is 2.29. The Morgan fingerprint density at radius 1 is 1.59 bits per heavy atom. The zero-order valence-electron chi connectivity index (χ0n) is 9.55. The van der Waals surface area contributed by atoms with Crippen molar-refractivity contribution < 1.29 is 14.7 Å². The van der Waals surface area contributed by atoms with Crippen LogP contribution in [0.2, 0.25) is 0 Å². The number of hydrogen-bond acceptors (Lipinski definition) is 4. The SMILES string of the molecule is Cc1ncsc1C(=O)N1CCC[C@H](C(=O)O)C1. The minimum atomic E-state index is -0.816. The van der Waals surface area contributed by atoms with E-state index in [0.717, 1.165) is 12.1 Å². The molecular formula is C11H14N2O3S. The number of aliphatic carboxylic acids is 1. The molecule has 0 bridgehead atoms. The highest BCUT2D eigenvalue weighted by molar-refractivity contribution is 7.11. The molecule has 1 aliphatic heterocycles. The van der Waals surface area contributed by atoms with Crippen LogP contribution < -0.4 is 0 Å². The number of rotatable bonds is 2. The van der Waals surface area contributed by atoms with E-state index in [-0.39, 0.29) is 5.91 Å². The Bertz CT molecular complexity index is 444. The first-order chi connectivity index (χ1) is 8.09. The summed E-state index contributed by atoms with van der Waals surface area (Å²) in [7, 11) is 0. The van der Waals surface area contributed by atoms with Gasteiger partial charge in [-0.15, -0.1) is 11.3 Å². The Hall–Kier alpha value is -1.43. The molecule has 1 aliphatic rings. The summed E-state index contributed by atoms with van der Waals surface area (Å²) in [5, 5.41) is 8.98. The number of aryl methyl sites for hydroxylation is 1. The molecule has 2 heterocycles. The third-order valence-electron chi connectivity index (χ3n) is 3.00.